The van der Waals surface area contributed by atoms with Crippen molar-refractivity contribution in [3.63, 3.8) is 0 Å². The van der Waals surface area contributed by atoms with Gasteiger partial charge in [0, 0.05) is 12.6 Å². The maximum atomic E-state index is 10.4. The zero-order valence-electron chi connectivity index (χ0n) is 6.09. The monoisotopic (exact) mass is 145 g/mol. The van der Waals surface area contributed by atoms with Crippen molar-refractivity contribution in [3.05, 3.63) is 12.2 Å². The van der Waals surface area contributed by atoms with E-state index in [0.717, 1.165) is 0 Å². The van der Waals surface area contributed by atoms with Crippen molar-refractivity contribution < 1.29 is 14.4 Å². The summed E-state index contributed by atoms with van der Waals surface area (Å²) >= 11 is 0. The highest BCUT2D eigenvalue weighted by Crippen LogP contribution is 1.75. The van der Waals surface area contributed by atoms with Gasteiger partial charge in [-0.3, -0.25) is 0 Å². The van der Waals surface area contributed by atoms with Crippen LogP contribution >= 0.6 is 0 Å². The lowest BCUT2D eigenvalue weighted by Gasteiger charge is -1.93. The lowest BCUT2D eigenvalue weighted by molar-refractivity contribution is -0.134. The van der Waals surface area contributed by atoms with Crippen LogP contribution in [0.25, 0.3) is 0 Å². The van der Waals surface area contributed by atoms with Crippen molar-refractivity contribution >= 4 is 5.97 Å². The molecule has 10 heavy (non-hydrogen) atoms. The van der Waals surface area contributed by atoms with Gasteiger partial charge < -0.3 is 9.57 Å². The van der Waals surface area contributed by atoms with E-state index in [2.05, 4.69) is 15.1 Å². The Hall–Kier alpha value is -0.870. The zero-order valence-corrected chi connectivity index (χ0v) is 6.09. The van der Waals surface area contributed by atoms with Gasteiger partial charge in [-0.25, -0.2) is 4.79 Å². The molecule has 0 amide bonds. The highest BCUT2D eigenvalue weighted by atomic mass is 16.6. The number of carbonyl (C=O) groups excluding carboxylic acids is 1. The van der Waals surface area contributed by atoms with Crippen LogP contribution in [0, 0.1) is 0 Å². The fourth-order valence-electron chi connectivity index (χ4n) is 0.355. The second-order valence-electron chi connectivity index (χ2n) is 1.48. The van der Waals surface area contributed by atoms with Crippen molar-refractivity contribution in [2.75, 3.05) is 20.8 Å². The maximum absolute atomic E-state index is 10.4. The molecule has 0 unspecified atom stereocenters. The van der Waals surface area contributed by atoms with Crippen LogP contribution in [0.3, 0.4) is 0 Å². The molecule has 0 heterocycles. The van der Waals surface area contributed by atoms with Gasteiger partial charge in [0.2, 0.25) is 0 Å². The molecule has 0 aromatic heterocycles. The molecule has 0 saturated heterocycles. The molecular formula is C6H11NO3. The van der Waals surface area contributed by atoms with Gasteiger partial charge in [0.15, 0.2) is 0 Å². The van der Waals surface area contributed by atoms with Gasteiger partial charge in [-0.2, -0.15) is 5.48 Å². The summed E-state index contributed by atoms with van der Waals surface area (Å²) in [7, 11) is 2.84. The van der Waals surface area contributed by atoms with Crippen LogP contribution in [0.5, 0.6) is 0 Å². The Bertz CT molecular complexity index is 122. The van der Waals surface area contributed by atoms with Crippen LogP contribution < -0.4 is 5.48 Å². The first-order valence-electron chi connectivity index (χ1n) is 2.81. The van der Waals surface area contributed by atoms with E-state index in [1.54, 1.807) is 6.08 Å². The van der Waals surface area contributed by atoms with Gasteiger partial charge in [-0.15, -0.1) is 0 Å². The molecule has 1 N–H and O–H groups in total. The predicted octanol–water partition coefficient (Wildman–Crippen LogP) is -0.133. The Kier molecular flexibility index (Phi) is 5.71. The van der Waals surface area contributed by atoms with Gasteiger partial charge in [-0.05, 0) is 0 Å². The van der Waals surface area contributed by atoms with Gasteiger partial charge in [0.05, 0.1) is 14.2 Å². The van der Waals surface area contributed by atoms with E-state index in [9.17, 15) is 4.79 Å². The number of esters is 1. The number of nitrogens with one attached hydrogen (secondary N) is 1. The average molecular weight is 145 g/mol. The Morgan fingerprint density at radius 3 is 2.80 bits per heavy atom. The summed E-state index contributed by atoms with van der Waals surface area (Å²) in [5, 5.41) is 0. The highest BCUT2D eigenvalue weighted by molar-refractivity contribution is 5.81. The van der Waals surface area contributed by atoms with E-state index >= 15 is 0 Å². The number of ether oxygens (including phenoxy) is 1. The Labute approximate surface area is 59.8 Å². The molecule has 0 saturated carbocycles. The standard InChI is InChI=1S/C6H11NO3/c1-9-6(8)4-3-5-7-10-2/h3-4,7H,5H2,1-2H3/b4-3+. The third kappa shape index (κ3) is 5.27. The fourth-order valence-corrected chi connectivity index (χ4v) is 0.355. The Morgan fingerprint density at radius 1 is 1.60 bits per heavy atom. The molecule has 0 spiro atoms. The normalized spacial score (nSPS) is 10.2. The van der Waals surface area contributed by atoms with Crippen LogP contribution in [0.1, 0.15) is 0 Å². The van der Waals surface area contributed by atoms with Crippen molar-refractivity contribution in [2.24, 2.45) is 0 Å². The minimum absolute atomic E-state index is 0.363. The summed E-state index contributed by atoms with van der Waals surface area (Å²) in [5.41, 5.74) is 2.53. The van der Waals surface area contributed by atoms with Crippen molar-refractivity contribution in [2.45, 2.75) is 0 Å². The molecule has 4 nitrogen and oxygen atoms in total. The number of rotatable bonds is 4. The zero-order chi connectivity index (χ0) is 7.82. The smallest absolute Gasteiger partial charge is 0.330 e. The van der Waals surface area contributed by atoms with Gasteiger partial charge in [0.25, 0.3) is 0 Å². The summed E-state index contributed by atoms with van der Waals surface area (Å²) < 4.78 is 4.34. The minimum Gasteiger partial charge on any atom is -0.466 e. The molecule has 0 atom stereocenters. The number of methoxy groups -OCH3 is 1. The van der Waals surface area contributed by atoms with E-state index in [-0.39, 0.29) is 5.97 Å². The molecule has 0 aromatic carbocycles. The molecular weight excluding hydrogens is 134 g/mol. The molecule has 0 bridgehead atoms. The van der Waals surface area contributed by atoms with Crippen LogP contribution in [0.4, 0.5) is 0 Å². The van der Waals surface area contributed by atoms with Crippen molar-refractivity contribution in [1.29, 1.82) is 0 Å². The van der Waals surface area contributed by atoms with Crippen molar-refractivity contribution in [1.82, 2.24) is 5.48 Å². The number of carbonyl (C=O) groups is 1. The molecule has 4 heteroatoms. The largest absolute Gasteiger partial charge is 0.466 e. The summed E-state index contributed by atoms with van der Waals surface area (Å²) in [6, 6.07) is 0. The van der Waals surface area contributed by atoms with Crippen LogP contribution in [-0.4, -0.2) is 26.7 Å². The highest BCUT2D eigenvalue weighted by Gasteiger charge is 1.87. The Morgan fingerprint density at radius 2 is 2.30 bits per heavy atom. The summed E-state index contributed by atoms with van der Waals surface area (Å²) in [4.78, 5) is 14.9. The van der Waals surface area contributed by atoms with Crippen LogP contribution in [-0.2, 0) is 14.4 Å². The number of hydroxylamine groups is 1. The van der Waals surface area contributed by atoms with E-state index in [4.69, 9.17) is 0 Å². The molecule has 0 aliphatic heterocycles. The quantitative estimate of drug-likeness (QED) is 0.259. The second kappa shape index (κ2) is 6.25. The SMILES string of the molecule is CONC/C=C/C(=O)OC. The number of hydrogen-bond donors (Lipinski definition) is 1. The maximum Gasteiger partial charge on any atom is 0.330 e. The fraction of sp³-hybridized carbons (Fsp3) is 0.500. The number of hydrogen-bond acceptors (Lipinski definition) is 4. The van der Waals surface area contributed by atoms with E-state index < -0.39 is 0 Å². The molecule has 0 aliphatic rings. The third-order valence-corrected chi connectivity index (χ3v) is 0.801. The summed E-state index contributed by atoms with van der Waals surface area (Å²) in [6.07, 6.45) is 2.93. The molecule has 58 valence electrons. The molecule has 0 fully saturated rings. The Balaban J connectivity index is 3.27. The van der Waals surface area contributed by atoms with E-state index in [1.807, 2.05) is 0 Å². The lowest BCUT2D eigenvalue weighted by atomic mass is 10.5. The third-order valence-electron chi connectivity index (χ3n) is 0.801. The van der Waals surface area contributed by atoms with Gasteiger partial charge in [0.1, 0.15) is 0 Å². The summed E-state index contributed by atoms with van der Waals surface area (Å²) in [6.45, 7) is 0.492. The molecule has 0 aliphatic carbocycles. The van der Waals surface area contributed by atoms with Gasteiger partial charge in [-0.1, -0.05) is 6.08 Å². The first-order valence-corrected chi connectivity index (χ1v) is 2.81. The lowest BCUT2D eigenvalue weighted by Crippen LogP contribution is -2.11. The molecule has 0 aromatic rings. The van der Waals surface area contributed by atoms with Crippen LogP contribution in [0.15, 0.2) is 12.2 Å². The van der Waals surface area contributed by atoms with Crippen LogP contribution in [0.2, 0.25) is 0 Å². The first-order chi connectivity index (χ1) is 4.81. The first kappa shape index (κ1) is 9.13. The van der Waals surface area contributed by atoms with Crippen molar-refractivity contribution in [3.8, 4) is 0 Å². The second-order valence-corrected chi connectivity index (χ2v) is 1.48. The van der Waals surface area contributed by atoms with Gasteiger partial charge >= 0.3 is 5.97 Å². The average Bonchev–Trinajstić information content (AvgIpc) is 1.98. The predicted molar refractivity (Wildman–Crippen MR) is 36.2 cm³/mol. The van der Waals surface area contributed by atoms with E-state index in [0.29, 0.717) is 6.54 Å². The topological polar surface area (TPSA) is 47.6 Å². The summed E-state index contributed by atoms with van der Waals surface area (Å²) in [5.74, 6) is -0.363. The minimum atomic E-state index is -0.363. The molecule has 0 rings (SSSR count). The molecule has 0 radical (unpaired) electrons. The van der Waals surface area contributed by atoms with E-state index in [1.165, 1.54) is 20.3 Å².